The Balaban J connectivity index is 2.13. The van der Waals surface area contributed by atoms with Crippen LogP contribution >= 0.6 is 0 Å². The number of hydrogen-bond donors (Lipinski definition) is 0. The average Bonchev–Trinajstić information content (AvgIpc) is 2.45. The molecule has 0 aliphatic carbocycles. The third kappa shape index (κ3) is 4.08. The second-order valence-corrected chi connectivity index (χ2v) is 3.78. The molecule has 0 aliphatic heterocycles. The van der Waals surface area contributed by atoms with Crippen molar-refractivity contribution in [1.82, 2.24) is 14.7 Å². The zero-order valence-electron chi connectivity index (χ0n) is 8.82. The Bertz CT molecular complexity index is 240. The third-order valence-corrected chi connectivity index (χ3v) is 2.08. The summed E-state index contributed by atoms with van der Waals surface area (Å²) in [6, 6.07) is 0. The Morgan fingerprint density at radius 2 is 2.15 bits per heavy atom. The van der Waals surface area contributed by atoms with Crippen LogP contribution in [-0.4, -0.2) is 35.3 Å². The average molecular weight is 181 g/mol. The third-order valence-electron chi connectivity index (χ3n) is 2.08. The van der Waals surface area contributed by atoms with Crippen LogP contribution in [-0.2, 0) is 13.5 Å². The summed E-state index contributed by atoms with van der Waals surface area (Å²) in [5.74, 6) is 0. The molecule has 1 heterocycles. The number of aromatic nitrogens is 2. The second kappa shape index (κ2) is 5.02. The van der Waals surface area contributed by atoms with Crippen LogP contribution in [0.2, 0.25) is 0 Å². The summed E-state index contributed by atoms with van der Waals surface area (Å²) in [5.41, 5.74) is 1.35. The van der Waals surface area contributed by atoms with E-state index >= 15 is 0 Å². The minimum absolute atomic E-state index is 1.15. The van der Waals surface area contributed by atoms with Crippen LogP contribution in [0.5, 0.6) is 0 Å². The Hall–Kier alpha value is -0.830. The molecule has 0 radical (unpaired) electrons. The van der Waals surface area contributed by atoms with Crippen molar-refractivity contribution in [2.75, 3.05) is 20.6 Å². The molecule has 13 heavy (non-hydrogen) atoms. The lowest BCUT2D eigenvalue weighted by Crippen LogP contribution is -2.12. The smallest absolute Gasteiger partial charge is 0.0521 e. The van der Waals surface area contributed by atoms with Crippen LogP contribution in [0.1, 0.15) is 18.4 Å². The normalized spacial score (nSPS) is 11.1. The summed E-state index contributed by atoms with van der Waals surface area (Å²) < 4.78 is 1.86. The molecule has 1 aromatic rings. The molecule has 3 nitrogen and oxygen atoms in total. The first-order valence-corrected chi connectivity index (χ1v) is 4.81. The highest BCUT2D eigenvalue weighted by molar-refractivity contribution is 5.03. The van der Waals surface area contributed by atoms with Crippen LogP contribution in [0.4, 0.5) is 0 Å². The van der Waals surface area contributed by atoms with Crippen LogP contribution in [0.15, 0.2) is 12.4 Å². The number of rotatable bonds is 5. The van der Waals surface area contributed by atoms with E-state index in [4.69, 9.17) is 0 Å². The van der Waals surface area contributed by atoms with Crippen molar-refractivity contribution >= 4 is 0 Å². The summed E-state index contributed by atoms with van der Waals surface area (Å²) in [6.07, 6.45) is 7.72. The van der Waals surface area contributed by atoms with Gasteiger partial charge in [0.2, 0.25) is 0 Å². The van der Waals surface area contributed by atoms with E-state index in [2.05, 4.69) is 30.3 Å². The van der Waals surface area contributed by atoms with Gasteiger partial charge in [-0.3, -0.25) is 4.68 Å². The summed E-state index contributed by atoms with van der Waals surface area (Å²) in [4.78, 5) is 2.23. The van der Waals surface area contributed by atoms with Crippen molar-refractivity contribution in [3.63, 3.8) is 0 Å². The molecule has 0 saturated carbocycles. The fourth-order valence-electron chi connectivity index (χ4n) is 1.36. The number of unbranched alkanes of at least 4 members (excludes halogenated alkanes) is 1. The molecule has 0 spiro atoms. The first-order valence-electron chi connectivity index (χ1n) is 4.81. The molecule has 3 heteroatoms. The first-order chi connectivity index (χ1) is 6.18. The van der Waals surface area contributed by atoms with E-state index in [0.717, 1.165) is 6.42 Å². The van der Waals surface area contributed by atoms with Crippen molar-refractivity contribution in [2.24, 2.45) is 7.05 Å². The maximum absolute atomic E-state index is 4.14. The maximum atomic E-state index is 4.14. The lowest BCUT2D eigenvalue weighted by atomic mass is 10.1. The molecule has 74 valence electrons. The SMILES string of the molecule is CN(C)CCCCc1cnn(C)c1. The molecule has 0 bridgehead atoms. The van der Waals surface area contributed by atoms with Gasteiger partial charge in [-0.2, -0.15) is 5.10 Å². The zero-order chi connectivity index (χ0) is 9.68. The van der Waals surface area contributed by atoms with Gasteiger partial charge in [-0.15, -0.1) is 0 Å². The molecule has 0 N–H and O–H groups in total. The van der Waals surface area contributed by atoms with Gasteiger partial charge in [-0.1, -0.05) is 0 Å². The van der Waals surface area contributed by atoms with E-state index in [1.807, 2.05) is 17.9 Å². The number of hydrogen-bond acceptors (Lipinski definition) is 2. The van der Waals surface area contributed by atoms with Gasteiger partial charge in [0.05, 0.1) is 6.20 Å². The Kier molecular flexibility index (Phi) is 3.96. The van der Waals surface area contributed by atoms with Crippen LogP contribution < -0.4 is 0 Å². The van der Waals surface area contributed by atoms with E-state index < -0.39 is 0 Å². The monoisotopic (exact) mass is 181 g/mol. The van der Waals surface area contributed by atoms with Gasteiger partial charge in [0.15, 0.2) is 0 Å². The summed E-state index contributed by atoms with van der Waals surface area (Å²) >= 11 is 0. The van der Waals surface area contributed by atoms with Gasteiger partial charge in [0, 0.05) is 13.2 Å². The highest BCUT2D eigenvalue weighted by atomic mass is 15.2. The Morgan fingerprint density at radius 3 is 2.69 bits per heavy atom. The van der Waals surface area contributed by atoms with Gasteiger partial charge in [-0.25, -0.2) is 0 Å². The number of nitrogens with zero attached hydrogens (tertiary/aromatic N) is 3. The minimum Gasteiger partial charge on any atom is -0.309 e. The molecular weight excluding hydrogens is 162 g/mol. The van der Waals surface area contributed by atoms with E-state index in [1.54, 1.807) is 0 Å². The second-order valence-electron chi connectivity index (χ2n) is 3.78. The van der Waals surface area contributed by atoms with Crippen LogP contribution in [0, 0.1) is 0 Å². The Labute approximate surface area is 80.4 Å². The van der Waals surface area contributed by atoms with Crippen LogP contribution in [0.3, 0.4) is 0 Å². The zero-order valence-corrected chi connectivity index (χ0v) is 8.82. The first kappa shape index (κ1) is 10.3. The van der Waals surface area contributed by atoms with Crippen molar-refractivity contribution in [3.05, 3.63) is 18.0 Å². The van der Waals surface area contributed by atoms with Gasteiger partial charge < -0.3 is 4.90 Å². The number of aryl methyl sites for hydroxylation is 2. The lowest BCUT2D eigenvalue weighted by molar-refractivity contribution is 0.394. The van der Waals surface area contributed by atoms with E-state index in [1.165, 1.54) is 24.9 Å². The van der Waals surface area contributed by atoms with Gasteiger partial charge in [0.25, 0.3) is 0 Å². The molecular formula is C10H19N3. The highest BCUT2D eigenvalue weighted by Crippen LogP contribution is 2.03. The topological polar surface area (TPSA) is 21.1 Å². The molecule has 0 fully saturated rings. The molecule has 0 unspecified atom stereocenters. The fraction of sp³-hybridized carbons (Fsp3) is 0.700. The standard InChI is InChI=1S/C10H19N3/c1-12(2)7-5-4-6-10-8-11-13(3)9-10/h8-9H,4-7H2,1-3H3. The quantitative estimate of drug-likeness (QED) is 0.638. The maximum Gasteiger partial charge on any atom is 0.0521 e. The lowest BCUT2D eigenvalue weighted by Gasteiger charge is -2.07. The molecule has 1 aromatic heterocycles. The molecule has 0 amide bonds. The summed E-state index contributed by atoms with van der Waals surface area (Å²) in [6.45, 7) is 1.18. The van der Waals surface area contributed by atoms with E-state index in [0.29, 0.717) is 0 Å². The summed E-state index contributed by atoms with van der Waals surface area (Å²) in [7, 11) is 6.19. The predicted molar refractivity (Wildman–Crippen MR) is 54.7 cm³/mol. The van der Waals surface area contributed by atoms with Crippen LogP contribution in [0.25, 0.3) is 0 Å². The predicted octanol–water partition coefficient (Wildman–Crippen LogP) is 1.30. The fourth-order valence-corrected chi connectivity index (χ4v) is 1.36. The highest BCUT2D eigenvalue weighted by Gasteiger charge is 1.96. The van der Waals surface area contributed by atoms with E-state index in [-0.39, 0.29) is 0 Å². The molecule has 0 aliphatic rings. The van der Waals surface area contributed by atoms with Crippen molar-refractivity contribution in [2.45, 2.75) is 19.3 Å². The molecule has 0 aromatic carbocycles. The van der Waals surface area contributed by atoms with Gasteiger partial charge in [0.1, 0.15) is 0 Å². The van der Waals surface area contributed by atoms with Crippen molar-refractivity contribution < 1.29 is 0 Å². The molecule has 0 atom stereocenters. The van der Waals surface area contributed by atoms with Crippen molar-refractivity contribution in [1.29, 1.82) is 0 Å². The largest absolute Gasteiger partial charge is 0.309 e. The van der Waals surface area contributed by atoms with Gasteiger partial charge >= 0.3 is 0 Å². The minimum atomic E-state index is 1.15. The molecule has 1 rings (SSSR count). The van der Waals surface area contributed by atoms with Crippen molar-refractivity contribution in [3.8, 4) is 0 Å². The van der Waals surface area contributed by atoms with Gasteiger partial charge in [-0.05, 0) is 45.5 Å². The Morgan fingerprint density at radius 1 is 1.38 bits per heavy atom. The molecule has 0 saturated heterocycles. The summed E-state index contributed by atoms with van der Waals surface area (Å²) in [5, 5.41) is 4.14. The van der Waals surface area contributed by atoms with E-state index in [9.17, 15) is 0 Å².